The number of anilines is 1. The maximum Gasteiger partial charge on any atom is 0.226 e. The summed E-state index contributed by atoms with van der Waals surface area (Å²) in [4.78, 5) is 14.4. The maximum atomic E-state index is 12.6. The van der Waals surface area contributed by atoms with Crippen LogP contribution in [0.2, 0.25) is 0 Å². The first kappa shape index (κ1) is 19.3. The lowest BCUT2D eigenvalue weighted by Crippen LogP contribution is -2.40. The highest BCUT2D eigenvalue weighted by Crippen LogP contribution is 2.33. The van der Waals surface area contributed by atoms with Crippen molar-refractivity contribution in [3.63, 3.8) is 0 Å². The van der Waals surface area contributed by atoms with E-state index in [1.54, 1.807) is 0 Å². The van der Waals surface area contributed by atoms with E-state index in [9.17, 15) is 4.79 Å². The minimum Gasteiger partial charge on any atom is -0.315 e. The van der Waals surface area contributed by atoms with Crippen LogP contribution < -0.4 is 10.2 Å². The molecule has 2 heterocycles. The Labute approximate surface area is 152 Å². The zero-order valence-corrected chi connectivity index (χ0v) is 15.8. The first-order chi connectivity index (χ1) is 11.2. The third kappa shape index (κ3) is 4.73. The van der Waals surface area contributed by atoms with E-state index in [1.807, 2.05) is 11.9 Å². The number of nitrogens with zero attached hydrogens (tertiary/aromatic N) is 1. The van der Waals surface area contributed by atoms with Crippen molar-refractivity contribution in [2.75, 3.05) is 11.9 Å². The second-order valence-electron chi connectivity index (χ2n) is 7.40. The smallest absolute Gasteiger partial charge is 0.226 e. The number of unbranched alkanes of at least 4 members (excludes halogenated alkanes) is 1. The molecule has 4 heteroatoms. The normalized spacial score (nSPS) is 25.2. The quantitative estimate of drug-likeness (QED) is 0.827. The summed E-state index contributed by atoms with van der Waals surface area (Å²) < 4.78 is 0. The van der Waals surface area contributed by atoms with E-state index in [0.29, 0.717) is 24.4 Å². The molecule has 2 bridgehead atoms. The van der Waals surface area contributed by atoms with Crippen LogP contribution in [0.15, 0.2) is 24.3 Å². The predicted molar refractivity (Wildman–Crippen MR) is 103 cm³/mol. The van der Waals surface area contributed by atoms with Crippen LogP contribution in [-0.4, -0.2) is 25.0 Å². The number of amides is 1. The number of rotatable bonds is 6. The molecule has 2 aliphatic heterocycles. The lowest BCUT2D eigenvalue weighted by atomic mass is 9.89. The summed E-state index contributed by atoms with van der Waals surface area (Å²) in [5.41, 5.74) is 2.39. The average molecular weight is 351 g/mol. The first-order valence-electron chi connectivity index (χ1n) is 9.27. The largest absolute Gasteiger partial charge is 0.315 e. The summed E-state index contributed by atoms with van der Waals surface area (Å²) in [7, 11) is 1.92. The molecule has 0 saturated carbocycles. The lowest BCUT2D eigenvalue weighted by molar-refractivity contribution is -0.119. The van der Waals surface area contributed by atoms with Gasteiger partial charge in [0.1, 0.15) is 0 Å². The number of piperidine rings is 1. The molecule has 2 atom stereocenters. The molecule has 1 amide bonds. The van der Waals surface area contributed by atoms with Crippen LogP contribution >= 0.6 is 12.4 Å². The Morgan fingerprint density at radius 3 is 2.38 bits per heavy atom. The van der Waals surface area contributed by atoms with Crippen LogP contribution in [0.5, 0.6) is 0 Å². The molecule has 0 aromatic heterocycles. The summed E-state index contributed by atoms with van der Waals surface area (Å²) in [6.07, 6.45) is 9.21. The number of fused-ring (bicyclic) bond motifs is 2. The monoisotopic (exact) mass is 350 g/mol. The van der Waals surface area contributed by atoms with E-state index in [4.69, 9.17) is 0 Å². The number of carbonyl (C=O) groups excluding carboxylic acids is 1. The van der Waals surface area contributed by atoms with Crippen LogP contribution in [0, 0.1) is 5.92 Å². The highest BCUT2D eigenvalue weighted by molar-refractivity contribution is 5.92. The van der Waals surface area contributed by atoms with E-state index < -0.39 is 0 Å². The first-order valence-corrected chi connectivity index (χ1v) is 9.27. The molecular formula is C20H31ClN2O. The number of carbonyl (C=O) groups is 1. The molecule has 2 aliphatic rings. The zero-order chi connectivity index (χ0) is 16.2. The van der Waals surface area contributed by atoms with Crippen molar-refractivity contribution in [3.05, 3.63) is 29.8 Å². The van der Waals surface area contributed by atoms with Crippen molar-refractivity contribution < 1.29 is 4.79 Å². The zero-order valence-electron chi connectivity index (χ0n) is 15.0. The van der Waals surface area contributed by atoms with Gasteiger partial charge in [-0.25, -0.2) is 0 Å². The number of halogens is 1. The molecular weight excluding hydrogens is 320 g/mol. The summed E-state index contributed by atoms with van der Waals surface area (Å²) in [5.74, 6) is 0.824. The SMILES string of the molecule is CCCCc1ccc(N(C)C(=O)CC2CC3CCC(C2)N3)cc1.Cl. The van der Waals surface area contributed by atoms with Gasteiger partial charge < -0.3 is 10.2 Å². The molecule has 2 unspecified atom stereocenters. The van der Waals surface area contributed by atoms with Gasteiger partial charge in [0.25, 0.3) is 0 Å². The Kier molecular flexibility index (Phi) is 7.12. The standard InChI is InChI=1S/C20H30N2O.ClH/c1-3-4-5-15-6-10-19(11-7-15)22(2)20(23)14-16-12-17-8-9-18(13-16)21-17;/h6-7,10-11,16-18,21H,3-5,8-9,12-14H2,1-2H3;1H. The third-order valence-corrected chi connectivity index (χ3v) is 5.55. The van der Waals surface area contributed by atoms with E-state index >= 15 is 0 Å². The van der Waals surface area contributed by atoms with Gasteiger partial charge >= 0.3 is 0 Å². The van der Waals surface area contributed by atoms with Crippen molar-refractivity contribution in [2.24, 2.45) is 5.92 Å². The van der Waals surface area contributed by atoms with Crippen molar-refractivity contribution in [3.8, 4) is 0 Å². The number of hydrogen-bond acceptors (Lipinski definition) is 2. The molecule has 0 radical (unpaired) electrons. The topological polar surface area (TPSA) is 32.3 Å². The number of aryl methyl sites for hydroxylation is 1. The summed E-state index contributed by atoms with van der Waals surface area (Å²) in [6, 6.07) is 9.84. The van der Waals surface area contributed by atoms with E-state index in [0.717, 1.165) is 12.1 Å². The Hall–Kier alpha value is -1.06. The fraction of sp³-hybridized carbons (Fsp3) is 0.650. The van der Waals surface area contributed by atoms with E-state index in [1.165, 1.54) is 44.1 Å². The molecule has 3 rings (SSSR count). The fourth-order valence-corrected chi connectivity index (χ4v) is 4.14. The van der Waals surface area contributed by atoms with Crippen LogP contribution in [0.25, 0.3) is 0 Å². The second-order valence-corrected chi connectivity index (χ2v) is 7.40. The molecule has 1 N–H and O–H groups in total. The highest BCUT2D eigenvalue weighted by atomic mass is 35.5. The molecule has 3 nitrogen and oxygen atoms in total. The number of benzene rings is 1. The summed E-state index contributed by atoms with van der Waals surface area (Å²) >= 11 is 0. The van der Waals surface area contributed by atoms with Gasteiger partial charge in [-0.1, -0.05) is 25.5 Å². The Balaban J connectivity index is 0.00000208. The van der Waals surface area contributed by atoms with Crippen molar-refractivity contribution in [2.45, 2.75) is 70.4 Å². The van der Waals surface area contributed by atoms with Crippen molar-refractivity contribution >= 4 is 24.0 Å². The second kappa shape index (κ2) is 8.87. The van der Waals surface area contributed by atoms with Gasteiger partial charge in [-0.15, -0.1) is 12.4 Å². The third-order valence-electron chi connectivity index (χ3n) is 5.55. The molecule has 1 aromatic carbocycles. The molecule has 2 saturated heterocycles. The van der Waals surface area contributed by atoms with Crippen molar-refractivity contribution in [1.29, 1.82) is 0 Å². The fourth-order valence-electron chi connectivity index (χ4n) is 4.14. The summed E-state index contributed by atoms with van der Waals surface area (Å²) in [5, 5.41) is 3.65. The lowest BCUT2D eigenvalue weighted by Gasteiger charge is -2.30. The molecule has 24 heavy (non-hydrogen) atoms. The van der Waals surface area contributed by atoms with Crippen LogP contribution in [0.4, 0.5) is 5.69 Å². The van der Waals surface area contributed by atoms with Gasteiger partial charge in [-0.3, -0.25) is 4.79 Å². The van der Waals surface area contributed by atoms with Gasteiger partial charge in [0.05, 0.1) is 0 Å². The Bertz CT molecular complexity index is 519. The molecule has 134 valence electrons. The van der Waals surface area contributed by atoms with Crippen LogP contribution in [0.3, 0.4) is 0 Å². The van der Waals surface area contributed by atoms with Crippen LogP contribution in [-0.2, 0) is 11.2 Å². The van der Waals surface area contributed by atoms with Crippen LogP contribution in [0.1, 0.15) is 57.4 Å². The van der Waals surface area contributed by atoms with Gasteiger partial charge in [0, 0.05) is 31.2 Å². The Morgan fingerprint density at radius 1 is 1.17 bits per heavy atom. The highest BCUT2D eigenvalue weighted by Gasteiger charge is 2.34. The summed E-state index contributed by atoms with van der Waals surface area (Å²) in [6.45, 7) is 2.22. The molecule has 2 fully saturated rings. The Morgan fingerprint density at radius 2 is 1.79 bits per heavy atom. The minimum absolute atomic E-state index is 0. The van der Waals surface area contributed by atoms with Gasteiger partial charge in [0.2, 0.25) is 5.91 Å². The van der Waals surface area contributed by atoms with Crippen molar-refractivity contribution in [1.82, 2.24) is 5.32 Å². The number of hydrogen-bond donors (Lipinski definition) is 1. The van der Waals surface area contributed by atoms with Gasteiger partial charge in [-0.05, 0) is 62.1 Å². The average Bonchev–Trinajstić information content (AvgIpc) is 2.91. The van der Waals surface area contributed by atoms with E-state index in [2.05, 4.69) is 36.5 Å². The molecule has 0 aliphatic carbocycles. The number of nitrogens with one attached hydrogen (secondary N) is 1. The van der Waals surface area contributed by atoms with Gasteiger partial charge in [0.15, 0.2) is 0 Å². The van der Waals surface area contributed by atoms with E-state index in [-0.39, 0.29) is 18.3 Å². The molecule has 0 spiro atoms. The van der Waals surface area contributed by atoms with Gasteiger partial charge in [-0.2, -0.15) is 0 Å². The maximum absolute atomic E-state index is 12.6. The minimum atomic E-state index is 0. The predicted octanol–water partition coefficient (Wildman–Crippen LogP) is 4.33. The molecule has 1 aromatic rings.